The maximum absolute atomic E-state index is 11.2. The molecule has 1 aliphatic rings. The number of carbonyl (C=O) groups is 1. The Morgan fingerprint density at radius 2 is 2.25 bits per heavy atom. The van der Waals surface area contributed by atoms with Crippen molar-refractivity contribution in [1.29, 1.82) is 0 Å². The maximum Gasteiger partial charge on any atom is 0.326 e. The Morgan fingerprint density at radius 1 is 1.55 bits per heavy atom. The highest BCUT2D eigenvalue weighted by Crippen LogP contribution is 2.36. The van der Waals surface area contributed by atoms with Gasteiger partial charge in [-0.1, -0.05) is 0 Å². The second-order valence-corrected chi connectivity index (χ2v) is 4.51. The summed E-state index contributed by atoms with van der Waals surface area (Å²) >= 11 is 0. The molecule has 2 unspecified atom stereocenters. The highest BCUT2D eigenvalue weighted by atomic mass is 16.6. The number of hydrogen-bond donors (Lipinski definition) is 2. The van der Waals surface area contributed by atoms with Crippen LogP contribution in [0.5, 0.6) is 5.75 Å². The van der Waals surface area contributed by atoms with E-state index >= 15 is 0 Å². The minimum absolute atomic E-state index is 0.0402. The van der Waals surface area contributed by atoms with Crippen LogP contribution in [0.1, 0.15) is 6.42 Å². The SMILES string of the molecule is COc1ccc(N2CC(O)CC2C(=O)O)c([N+](=O)[O-])c1. The number of methoxy groups -OCH3 is 1. The van der Waals surface area contributed by atoms with Gasteiger partial charge >= 0.3 is 5.97 Å². The highest BCUT2D eigenvalue weighted by Gasteiger charge is 2.38. The third-order valence-electron chi connectivity index (χ3n) is 3.25. The highest BCUT2D eigenvalue weighted by molar-refractivity contribution is 5.81. The van der Waals surface area contributed by atoms with Gasteiger partial charge < -0.3 is 19.8 Å². The Hall–Kier alpha value is -2.35. The van der Waals surface area contributed by atoms with Crippen LogP contribution in [-0.2, 0) is 4.79 Å². The zero-order valence-corrected chi connectivity index (χ0v) is 10.7. The molecule has 20 heavy (non-hydrogen) atoms. The summed E-state index contributed by atoms with van der Waals surface area (Å²) in [4.78, 5) is 23.0. The number of aliphatic carboxylic acids is 1. The van der Waals surface area contributed by atoms with Crippen molar-refractivity contribution in [2.75, 3.05) is 18.6 Å². The summed E-state index contributed by atoms with van der Waals surface area (Å²) in [6, 6.07) is 3.22. The molecule has 1 fully saturated rings. The summed E-state index contributed by atoms with van der Waals surface area (Å²) < 4.78 is 4.93. The number of carboxylic acid groups (broad SMARTS) is 1. The molecule has 2 N–H and O–H groups in total. The Balaban J connectivity index is 2.45. The van der Waals surface area contributed by atoms with Gasteiger partial charge in [-0.05, 0) is 12.1 Å². The third-order valence-corrected chi connectivity index (χ3v) is 3.25. The molecular formula is C12H14N2O6. The number of benzene rings is 1. The minimum atomic E-state index is -1.12. The van der Waals surface area contributed by atoms with E-state index < -0.39 is 23.0 Å². The van der Waals surface area contributed by atoms with E-state index in [4.69, 9.17) is 9.84 Å². The average molecular weight is 282 g/mol. The van der Waals surface area contributed by atoms with Crippen LogP contribution in [0.15, 0.2) is 18.2 Å². The van der Waals surface area contributed by atoms with Gasteiger partial charge in [-0.15, -0.1) is 0 Å². The fraction of sp³-hybridized carbons (Fsp3) is 0.417. The Morgan fingerprint density at radius 3 is 2.80 bits per heavy atom. The number of aliphatic hydroxyl groups is 1. The number of nitro benzene ring substituents is 1. The van der Waals surface area contributed by atoms with Gasteiger partial charge in [0.25, 0.3) is 5.69 Å². The Bertz CT molecular complexity index is 547. The third kappa shape index (κ3) is 2.50. The van der Waals surface area contributed by atoms with Crippen LogP contribution in [0, 0.1) is 10.1 Å². The van der Waals surface area contributed by atoms with Crippen molar-refractivity contribution in [2.24, 2.45) is 0 Å². The lowest BCUT2D eigenvalue weighted by Crippen LogP contribution is -2.36. The number of β-amino-alcohol motifs (C(OH)–C–C–N with tert-alkyl or cyclic N) is 1. The van der Waals surface area contributed by atoms with Gasteiger partial charge in [-0.2, -0.15) is 0 Å². The van der Waals surface area contributed by atoms with Crippen LogP contribution in [0.2, 0.25) is 0 Å². The van der Waals surface area contributed by atoms with Gasteiger partial charge in [0.1, 0.15) is 17.5 Å². The van der Waals surface area contributed by atoms with Crippen molar-refractivity contribution < 1.29 is 24.7 Å². The van der Waals surface area contributed by atoms with Crippen molar-refractivity contribution in [1.82, 2.24) is 0 Å². The number of nitrogens with zero attached hydrogens (tertiary/aromatic N) is 2. The topological polar surface area (TPSA) is 113 Å². The van der Waals surface area contributed by atoms with Gasteiger partial charge in [0.15, 0.2) is 0 Å². The number of aliphatic hydroxyl groups excluding tert-OH is 1. The second-order valence-electron chi connectivity index (χ2n) is 4.51. The first-order chi connectivity index (χ1) is 9.43. The van der Waals surface area contributed by atoms with Crippen molar-refractivity contribution >= 4 is 17.3 Å². The van der Waals surface area contributed by atoms with Gasteiger partial charge in [-0.3, -0.25) is 10.1 Å². The van der Waals surface area contributed by atoms with E-state index in [2.05, 4.69) is 0 Å². The molecule has 8 nitrogen and oxygen atoms in total. The first kappa shape index (κ1) is 14.1. The van der Waals surface area contributed by atoms with Crippen molar-refractivity contribution in [3.63, 3.8) is 0 Å². The molecule has 1 aliphatic heterocycles. The van der Waals surface area contributed by atoms with E-state index in [1.54, 1.807) is 0 Å². The zero-order valence-electron chi connectivity index (χ0n) is 10.7. The molecule has 0 bridgehead atoms. The molecule has 1 heterocycles. The molecule has 2 atom stereocenters. The van der Waals surface area contributed by atoms with Crippen LogP contribution in [-0.4, -0.2) is 46.9 Å². The molecule has 108 valence electrons. The Kier molecular flexibility index (Phi) is 3.75. The predicted molar refractivity (Wildman–Crippen MR) is 69.0 cm³/mol. The molecule has 0 spiro atoms. The van der Waals surface area contributed by atoms with E-state index in [0.717, 1.165) is 0 Å². The number of carboxylic acids is 1. The van der Waals surface area contributed by atoms with Crippen LogP contribution in [0.4, 0.5) is 11.4 Å². The standard InChI is InChI=1S/C12H14N2O6/c1-20-8-2-3-9(10(5-8)14(18)19)13-6-7(15)4-11(13)12(16)17/h2-3,5,7,11,15H,4,6H2,1H3,(H,16,17). The first-order valence-corrected chi connectivity index (χ1v) is 5.94. The van der Waals surface area contributed by atoms with Crippen molar-refractivity contribution in [3.05, 3.63) is 28.3 Å². The second kappa shape index (κ2) is 5.33. The summed E-state index contributed by atoms with van der Waals surface area (Å²) in [5.74, 6) is -0.807. The molecule has 1 aromatic rings. The summed E-state index contributed by atoms with van der Waals surface area (Å²) in [6.07, 6.45) is -0.781. The largest absolute Gasteiger partial charge is 0.496 e. The normalized spacial score (nSPS) is 21.8. The fourth-order valence-electron chi connectivity index (χ4n) is 2.33. The van der Waals surface area contributed by atoms with E-state index in [9.17, 15) is 20.0 Å². The summed E-state index contributed by atoms with van der Waals surface area (Å²) in [5.41, 5.74) is -0.0792. The van der Waals surface area contributed by atoms with Crippen LogP contribution >= 0.6 is 0 Å². The molecule has 2 rings (SSSR count). The molecule has 0 amide bonds. The van der Waals surface area contributed by atoms with Gasteiger partial charge in [0, 0.05) is 13.0 Å². The lowest BCUT2D eigenvalue weighted by molar-refractivity contribution is -0.384. The number of ether oxygens (including phenoxy) is 1. The lowest BCUT2D eigenvalue weighted by atomic mass is 10.2. The number of hydrogen-bond acceptors (Lipinski definition) is 6. The molecule has 0 aliphatic carbocycles. The number of anilines is 1. The summed E-state index contributed by atoms with van der Waals surface area (Å²) in [5, 5.41) is 29.9. The maximum atomic E-state index is 11.2. The molecular weight excluding hydrogens is 268 g/mol. The summed E-state index contributed by atoms with van der Waals surface area (Å²) in [7, 11) is 1.39. The minimum Gasteiger partial charge on any atom is -0.496 e. The molecule has 0 aromatic heterocycles. The summed E-state index contributed by atoms with van der Waals surface area (Å²) in [6.45, 7) is 0.0458. The smallest absolute Gasteiger partial charge is 0.326 e. The van der Waals surface area contributed by atoms with Crippen molar-refractivity contribution in [2.45, 2.75) is 18.6 Å². The molecule has 8 heteroatoms. The number of nitro groups is 1. The molecule has 0 saturated carbocycles. The van der Waals surface area contributed by atoms with Gasteiger partial charge in [0.05, 0.1) is 24.2 Å². The van der Waals surface area contributed by atoms with Crippen LogP contribution < -0.4 is 9.64 Å². The van der Waals surface area contributed by atoms with Crippen LogP contribution in [0.25, 0.3) is 0 Å². The van der Waals surface area contributed by atoms with Crippen molar-refractivity contribution in [3.8, 4) is 5.75 Å². The molecule has 1 aromatic carbocycles. The van der Waals surface area contributed by atoms with E-state index in [1.165, 1.54) is 30.2 Å². The van der Waals surface area contributed by atoms with E-state index in [-0.39, 0.29) is 24.3 Å². The average Bonchev–Trinajstić information content (AvgIpc) is 2.80. The number of rotatable bonds is 4. The predicted octanol–water partition coefficient (Wildman–Crippen LogP) is 0.628. The zero-order chi connectivity index (χ0) is 14.9. The first-order valence-electron chi connectivity index (χ1n) is 5.94. The van der Waals surface area contributed by atoms with Crippen LogP contribution in [0.3, 0.4) is 0 Å². The Labute approximate surface area is 114 Å². The lowest BCUT2D eigenvalue weighted by Gasteiger charge is -2.23. The van der Waals surface area contributed by atoms with E-state index in [1.807, 2.05) is 0 Å². The molecule has 1 saturated heterocycles. The van der Waals surface area contributed by atoms with Gasteiger partial charge in [0.2, 0.25) is 0 Å². The molecule has 0 radical (unpaired) electrons. The van der Waals surface area contributed by atoms with Gasteiger partial charge in [-0.25, -0.2) is 4.79 Å². The quantitative estimate of drug-likeness (QED) is 0.615. The van der Waals surface area contributed by atoms with E-state index in [0.29, 0.717) is 5.75 Å². The fourth-order valence-corrected chi connectivity index (χ4v) is 2.33. The monoisotopic (exact) mass is 282 g/mol.